The molecule has 1 aromatic heterocycles. The second-order valence-electron chi connectivity index (χ2n) is 7.25. The van der Waals surface area contributed by atoms with E-state index in [1.54, 1.807) is 24.3 Å². The van der Waals surface area contributed by atoms with E-state index in [1.165, 1.54) is 4.90 Å². The Morgan fingerprint density at radius 1 is 1.14 bits per heavy atom. The molecule has 29 heavy (non-hydrogen) atoms. The largest absolute Gasteiger partial charge is 0.456 e. The highest BCUT2D eigenvalue weighted by Crippen LogP contribution is 2.38. The fourth-order valence-corrected chi connectivity index (χ4v) is 4.02. The monoisotopic (exact) mass is 417 g/mol. The third-order valence-corrected chi connectivity index (χ3v) is 5.65. The second-order valence-corrected chi connectivity index (χ2v) is 7.69. The predicted octanol–water partition coefficient (Wildman–Crippen LogP) is 3.00. The molecule has 0 unspecified atom stereocenters. The normalized spacial score (nSPS) is 21.3. The van der Waals surface area contributed by atoms with Crippen LogP contribution in [0.3, 0.4) is 0 Å². The molecule has 2 heterocycles. The number of carbonyl (C=O) groups excluding carboxylic acids is 3. The zero-order valence-corrected chi connectivity index (χ0v) is 16.4. The van der Waals surface area contributed by atoms with E-state index in [9.17, 15) is 14.4 Å². The first kappa shape index (κ1) is 19.6. The quantitative estimate of drug-likeness (QED) is 0.525. The molecule has 0 N–H and O–H groups in total. The van der Waals surface area contributed by atoms with E-state index in [2.05, 4.69) is 10.1 Å². The SMILES string of the molecule is O=C(CCN1C(=O)[C@H]2CCCC[C@H]2C1=O)OCc1nc(-c2ccc(Cl)cc2)no1. The van der Waals surface area contributed by atoms with Gasteiger partial charge in [-0.05, 0) is 37.1 Å². The molecule has 2 atom stereocenters. The fourth-order valence-electron chi connectivity index (χ4n) is 3.90. The van der Waals surface area contributed by atoms with Crippen LogP contribution in [0.15, 0.2) is 28.8 Å². The van der Waals surface area contributed by atoms with Gasteiger partial charge in [-0.2, -0.15) is 4.98 Å². The fraction of sp³-hybridized carbons (Fsp3) is 0.450. The van der Waals surface area contributed by atoms with Crippen molar-refractivity contribution >= 4 is 29.4 Å². The van der Waals surface area contributed by atoms with Crippen LogP contribution in [0.2, 0.25) is 5.02 Å². The summed E-state index contributed by atoms with van der Waals surface area (Å²) in [6.07, 6.45) is 3.39. The molecule has 2 aromatic rings. The van der Waals surface area contributed by atoms with Gasteiger partial charge in [0.25, 0.3) is 5.89 Å². The van der Waals surface area contributed by atoms with Gasteiger partial charge in [0.05, 0.1) is 18.3 Å². The second kappa shape index (κ2) is 8.32. The molecular formula is C20H20ClN3O5. The van der Waals surface area contributed by atoms with Crippen molar-refractivity contribution in [2.24, 2.45) is 11.8 Å². The molecule has 1 saturated carbocycles. The summed E-state index contributed by atoms with van der Waals surface area (Å²) < 4.78 is 10.2. The third-order valence-electron chi connectivity index (χ3n) is 5.40. The Morgan fingerprint density at radius 2 is 1.79 bits per heavy atom. The van der Waals surface area contributed by atoms with Gasteiger partial charge in [-0.25, -0.2) is 0 Å². The van der Waals surface area contributed by atoms with Crippen LogP contribution in [0.5, 0.6) is 0 Å². The number of fused-ring (bicyclic) bond motifs is 1. The highest BCUT2D eigenvalue weighted by molar-refractivity contribution is 6.30. The Labute approximate surface area is 172 Å². The number of carbonyl (C=O) groups is 3. The zero-order chi connectivity index (χ0) is 20.4. The number of esters is 1. The summed E-state index contributed by atoms with van der Waals surface area (Å²) in [5, 5.41) is 4.44. The van der Waals surface area contributed by atoms with Gasteiger partial charge in [0.15, 0.2) is 6.61 Å². The molecule has 152 valence electrons. The molecule has 2 fully saturated rings. The lowest BCUT2D eigenvalue weighted by molar-refractivity contribution is -0.147. The summed E-state index contributed by atoms with van der Waals surface area (Å²) in [5.41, 5.74) is 0.725. The number of halogens is 1. The van der Waals surface area contributed by atoms with Crippen LogP contribution in [0.4, 0.5) is 0 Å². The molecule has 0 spiro atoms. The van der Waals surface area contributed by atoms with E-state index < -0.39 is 5.97 Å². The van der Waals surface area contributed by atoms with Crippen molar-refractivity contribution in [1.82, 2.24) is 15.0 Å². The Morgan fingerprint density at radius 3 is 2.45 bits per heavy atom. The minimum atomic E-state index is -0.535. The van der Waals surface area contributed by atoms with Gasteiger partial charge in [-0.15, -0.1) is 0 Å². The average molecular weight is 418 g/mol. The van der Waals surface area contributed by atoms with Gasteiger partial charge in [0.2, 0.25) is 17.6 Å². The highest BCUT2D eigenvalue weighted by atomic mass is 35.5. The topological polar surface area (TPSA) is 103 Å². The van der Waals surface area contributed by atoms with Gasteiger partial charge < -0.3 is 9.26 Å². The van der Waals surface area contributed by atoms with Crippen molar-refractivity contribution in [2.75, 3.05) is 6.54 Å². The lowest BCUT2D eigenvalue weighted by Gasteiger charge is -2.19. The average Bonchev–Trinajstić information content (AvgIpc) is 3.30. The first-order valence-corrected chi connectivity index (χ1v) is 10.00. The zero-order valence-electron chi connectivity index (χ0n) is 15.7. The molecule has 1 saturated heterocycles. The number of hydrogen-bond donors (Lipinski definition) is 0. The molecule has 8 nitrogen and oxygen atoms in total. The summed E-state index contributed by atoms with van der Waals surface area (Å²) in [6.45, 7) is -0.129. The highest BCUT2D eigenvalue weighted by Gasteiger charge is 2.47. The molecule has 1 aliphatic carbocycles. The van der Waals surface area contributed by atoms with Crippen molar-refractivity contribution in [1.29, 1.82) is 0 Å². The number of benzene rings is 1. The minimum Gasteiger partial charge on any atom is -0.456 e. The Balaban J connectivity index is 1.27. The first-order valence-electron chi connectivity index (χ1n) is 9.62. The Kier molecular flexibility index (Phi) is 5.62. The Hall–Kier alpha value is -2.74. The van der Waals surface area contributed by atoms with Gasteiger partial charge in [-0.3, -0.25) is 19.3 Å². The molecule has 2 aliphatic rings. The number of rotatable bonds is 6. The maximum absolute atomic E-state index is 12.4. The molecule has 9 heteroatoms. The summed E-state index contributed by atoms with van der Waals surface area (Å²) in [5.74, 6) is -0.749. The van der Waals surface area contributed by atoms with Crippen molar-refractivity contribution < 1.29 is 23.6 Å². The number of nitrogens with zero attached hydrogens (tertiary/aromatic N) is 3. The number of aromatic nitrogens is 2. The van der Waals surface area contributed by atoms with Crippen LogP contribution < -0.4 is 0 Å². The van der Waals surface area contributed by atoms with E-state index in [0.29, 0.717) is 10.8 Å². The van der Waals surface area contributed by atoms with E-state index >= 15 is 0 Å². The van der Waals surface area contributed by atoms with Crippen molar-refractivity contribution in [3.63, 3.8) is 0 Å². The number of ether oxygens (including phenoxy) is 1. The molecule has 2 amide bonds. The Bertz CT molecular complexity index is 902. The van der Waals surface area contributed by atoms with E-state index in [4.69, 9.17) is 20.9 Å². The molecular weight excluding hydrogens is 398 g/mol. The van der Waals surface area contributed by atoms with E-state index in [-0.39, 0.29) is 49.1 Å². The molecule has 1 aliphatic heterocycles. The van der Waals surface area contributed by atoms with Crippen LogP contribution >= 0.6 is 11.6 Å². The van der Waals surface area contributed by atoms with Crippen molar-refractivity contribution in [3.8, 4) is 11.4 Å². The van der Waals surface area contributed by atoms with Gasteiger partial charge >= 0.3 is 5.97 Å². The minimum absolute atomic E-state index is 0.0450. The van der Waals surface area contributed by atoms with Crippen LogP contribution in [0.25, 0.3) is 11.4 Å². The number of imide groups is 1. The predicted molar refractivity (Wildman–Crippen MR) is 101 cm³/mol. The van der Waals surface area contributed by atoms with E-state index in [1.807, 2.05) is 0 Å². The summed E-state index contributed by atoms with van der Waals surface area (Å²) >= 11 is 5.85. The van der Waals surface area contributed by atoms with Crippen molar-refractivity contribution in [2.45, 2.75) is 38.7 Å². The molecule has 0 bridgehead atoms. The van der Waals surface area contributed by atoms with Gasteiger partial charge in [0.1, 0.15) is 0 Å². The summed E-state index contributed by atoms with van der Waals surface area (Å²) in [4.78, 5) is 42.3. The lowest BCUT2D eigenvalue weighted by Crippen LogP contribution is -2.33. The number of amides is 2. The van der Waals surface area contributed by atoms with E-state index in [0.717, 1.165) is 31.2 Å². The summed E-state index contributed by atoms with van der Waals surface area (Å²) in [7, 11) is 0. The maximum Gasteiger partial charge on any atom is 0.308 e. The standard InChI is InChI=1S/C20H20ClN3O5/c21-13-7-5-12(6-8-13)18-22-16(29-23-18)11-28-17(25)9-10-24-19(26)14-3-1-2-4-15(14)20(24)27/h5-8,14-15H,1-4,9-11H2/t14-,15+. The third kappa shape index (κ3) is 4.17. The van der Waals surface area contributed by atoms with Gasteiger partial charge in [-0.1, -0.05) is 29.6 Å². The number of likely N-dealkylation sites (tertiary alicyclic amines) is 1. The summed E-state index contributed by atoms with van der Waals surface area (Å²) in [6, 6.07) is 6.93. The first-order chi connectivity index (χ1) is 14.0. The van der Waals surface area contributed by atoms with Crippen LogP contribution in [-0.2, 0) is 25.7 Å². The smallest absolute Gasteiger partial charge is 0.308 e. The lowest BCUT2D eigenvalue weighted by atomic mass is 9.81. The molecule has 4 rings (SSSR count). The van der Waals surface area contributed by atoms with Gasteiger partial charge in [0, 0.05) is 17.1 Å². The maximum atomic E-state index is 12.4. The van der Waals surface area contributed by atoms with Crippen LogP contribution in [0.1, 0.15) is 38.0 Å². The van der Waals surface area contributed by atoms with Crippen LogP contribution in [-0.4, -0.2) is 39.4 Å². The molecule has 0 radical (unpaired) electrons. The number of hydrogen-bond acceptors (Lipinski definition) is 7. The van der Waals surface area contributed by atoms with Crippen molar-refractivity contribution in [3.05, 3.63) is 35.2 Å². The molecule has 1 aromatic carbocycles. The van der Waals surface area contributed by atoms with Crippen LogP contribution in [0, 0.1) is 11.8 Å².